The highest BCUT2D eigenvalue weighted by Crippen LogP contribution is 2.29. The Morgan fingerprint density at radius 2 is 2.19 bits per heavy atom. The average molecular weight is 298 g/mol. The molecule has 0 radical (unpaired) electrons. The summed E-state index contributed by atoms with van der Waals surface area (Å²) in [6.07, 6.45) is 6.27. The van der Waals surface area contributed by atoms with E-state index in [2.05, 4.69) is 20.5 Å². The van der Waals surface area contributed by atoms with Gasteiger partial charge in [-0.1, -0.05) is 6.07 Å². The lowest BCUT2D eigenvalue weighted by molar-refractivity contribution is 0.102. The minimum absolute atomic E-state index is 0.127. The molecule has 4 rings (SSSR count). The number of rotatable bonds is 2. The van der Waals surface area contributed by atoms with E-state index in [4.69, 9.17) is 0 Å². The van der Waals surface area contributed by atoms with E-state index >= 15 is 0 Å². The molecule has 0 aliphatic heterocycles. The van der Waals surface area contributed by atoms with E-state index in [1.165, 1.54) is 17.7 Å². The molecule has 2 N–H and O–H groups in total. The summed E-state index contributed by atoms with van der Waals surface area (Å²) in [5.74, 6) is -0.127. The lowest BCUT2D eigenvalue weighted by atomic mass is 10.0. The van der Waals surface area contributed by atoms with Crippen LogP contribution in [-0.2, 0) is 12.8 Å². The molecule has 0 spiro atoms. The first-order valence-electron chi connectivity index (χ1n) is 7.03. The van der Waals surface area contributed by atoms with Crippen LogP contribution in [0.15, 0.2) is 24.4 Å². The van der Waals surface area contributed by atoms with Crippen molar-refractivity contribution in [3.8, 4) is 0 Å². The number of anilines is 1. The first kappa shape index (κ1) is 12.5. The number of H-pyrrole nitrogens is 1. The predicted octanol–water partition coefficient (Wildman–Crippen LogP) is 3.15. The Morgan fingerprint density at radius 1 is 1.29 bits per heavy atom. The van der Waals surface area contributed by atoms with Crippen LogP contribution in [0.5, 0.6) is 0 Å². The highest BCUT2D eigenvalue weighted by Gasteiger charge is 2.17. The SMILES string of the molecule is O=C(Nc1nc2c(s1)CCCC2)c1ccc2cn[nH]c2c1. The van der Waals surface area contributed by atoms with Gasteiger partial charge in [0, 0.05) is 15.8 Å². The summed E-state index contributed by atoms with van der Waals surface area (Å²) in [4.78, 5) is 18.2. The summed E-state index contributed by atoms with van der Waals surface area (Å²) >= 11 is 1.60. The van der Waals surface area contributed by atoms with Crippen molar-refractivity contribution in [2.45, 2.75) is 25.7 Å². The summed E-state index contributed by atoms with van der Waals surface area (Å²) in [6, 6.07) is 5.51. The zero-order chi connectivity index (χ0) is 14.2. The lowest BCUT2D eigenvalue weighted by Gasteiger charge is -2.06. The fraction of sp³-hybridized carbons (Fsp3) is 0.267. The Kier molecular flexibility index (Phi) is 2.96. The Bertz CT molecular complexity index is 797. The topological polar surface area (TPSA) is 70.7 Å². The molecule has 0 fully saturated rings. The van der Waals surface area contributed by atoms with Gasteiger partial charge >= 0.3 is 0 Å². The number of nitrogens with one attached hydrogen (secondary N) is 2. The highest BCUT2D eigenvalue weighted by atomic mass is 32.1. The van der Waals surface area contributed by atoms with Crippen LogP contribution in [0, 0.1) is 0 Å². The Hall–Kier alpha value is -2.21. The van der Waals surface area contributed by atoms with Gasteiger partial charge in [0.1, 0.15) is 0 Å². The molecule has 1 aliphatic rings. The van der Waals surface area contributed by atoms with Crippen molar-refractivity contribution < 1.29 is 4.79 Å². The van der Waals surface area contributed by atoms with Gasteiger partial charge < -0.3 is 0 Å². The number of thiazole rings is 1. The van der Waals surface area contributed by atoms with Crippen LogP contribution >= 0.6 is 11.3 Å². The third-order valence-corrected chi connectivity index (χ3v) is 4.84. The van der Waals surface area contributed by atoms with Gasteiger partial charge in [-0.3, -0.25) is 15.2 Å². The third kappa shape index (κ3) is 2.31. The van der Waals surface area contributed by atoms with E-state index in [1.54, 1.807) is 23.6 Å². The normalized spacial score (nSPS) is 14.1. The first-order valence-corrected chi connectivity index (χ1v) is 7.84. The average Bonchev–Trinajstić information content (AvgIpc) is 3.11. The van der Waals surface area contributed by atoms with Gasteiger partial charge in [-0.2, -0.15) is 5.10 Å². The van der Waals surface area contributed by atoms with Crippen molar-refractivity contribution in [2.75, 3.05) is 5.32 Å². The van der Waals surface area contributed by atoms with Crippen molar-refractivity contribution in [1.82, 2.24) is 15.2 Å². The van der Waals surface area contributed by atoms with Crippen molar-refractivity contribution in [2.24, 2.45) is 0 Å². The maximum Gasteiger partial charge on any atom is 0.257 e. The van der Waals surface area contributed by atoms with Crippen molar-refractivity contribution in [3.05, 3.63) is 40.5 Å². The number of aryl methyl sites for hydroxylation is 2. The van der Waals surface area contributed by atoms with E-state index < -0.39 is 0 Å². The Labute approximate surface area is 125 Å². The summed E-state index contributed by atoms with van der Waals surface area (Å²) in [5.41, 5.74) is 2.63. The second kappa shape index (κ2) is 4.96. The maximum atomic E-state index is 12.3. The summed E-state index contributed by atoms with van der Waals surface area (Å²) in [7, 11) is 0. The molecule has 5 nitrogen and oxygen atoms in total. The molecule has 6 heteroatoms. The molecule has 21 heavy (non-hydrogen) atoms. The standard InChI is InChI=1S/C15H14N4OS/c20-14(9-5-6-10-8-16-19-12(10)7-9)18-15-17-11-3-1-2-4-13(11)21-15/h5-8H,1-4H2,(H,16,19)(H,17,18,20). The lowest BCUT2D eigenvalue weighted by Crippen LogP contribution is -2.11. The Balaban J connectivity index is 1.58. The minimum Gasteiger partial charge on any atom is -0.298 e. The Morgan fingerprint density at radius 3 is 3.10 bits per heavy atom. The second-order valence-corrected chi connectivity index (χ2v) is 6.31. The largest absolute Gasteiger partial charge is 0.298 e. The monoisotopic (exact) mass is 298 g/mol. The number of aromatic nitrogens is 3. The van der Waals surface area contributed by atoms with Gasteiger partial charge in [-0.15, -0.1) is 11.3 Å². The maximum absolute atomic E-state index is 12.3. The molecule has 3 aromatic rings. The third-order valence-electron chi connectivity index (χ3n) is 3.77. The molecule has 1 aromatic carbocycles. The van der Waals surface area contributed by atoms with Gasteiger partial charge in [0.15, 0.2) is 5.13 Å². The van der Waals surface area contributed by atoms with Gasteiger partial charge in [0.2, 0.25) is 0 Å². The number of carbonyl (C=O) groups is 1. The van der Waals surface area contributed by atoms with Crippen LogP contribution in [0.2, 0.25) is 0 Å². The molecule has 0 atom stereocenters. The van der Waals surface area contributed by atoms with Crippen LogP contribution in [0.25, 0.3) is 10.9 Å². The molecule has 0 saturated carbocycles. The van der Waals surface area contributed by atoms with Crippen LogP contribution in [-0.4, -0.2) is 21.1 Å². The highest BCUT2D eigenvalue weighted by molar-refractivity contribution is 7.15. The zero-order valence-corrected chi connectivity index (χ0v) is 12.2. The molecule has 0 unspecified atom stereocenters. The number of amides is 1. The fourth-order valence-corrected chi connectivity index (χ4v) is 3.70. The number of hydrogen-bond acceptors (Lipinski definition) is 4. The number of fused-ring (bicyclic) bond motifs is 2. The van der Waals surface area contributed by atoms with E-state index in [-0.39, 0.29) is 5.91 Å². The number of aromatic amines is 1. The van der Waals surface area contributed by atoms with Crippen LogP contribution < -0.4 is 5.32 Å². The molecule has 1 amide bonds. The summed E-state index contributed by atoms with van der Waals surface area (Å²) in [6.45, 7) is 0. The second-order valence-electron chi connectivity index (χ2n) is 5.22. The number of hydrogen-bond donors (Lipinski definition) is 2. The molecule has 106 valence electrons. The van der Waals surface area contributed by atoms with Crippen LogP contribution in [0.1, 0.15) is 33.8 Å². The molecule has 2 heterocycles. The first-order chi connectivity index (χ1) is 10.3. The zero-order valence-electron chi connectivity index (χ0n) is 11.3. The molecule has 0 bridgehead atoms. The quantitative estimate of drug-likeness (QED) is 0.763. The van der Waals surface area contributed by atoms with Gasteiger partial charge in [-0.05, 0) is 37.8 Å². The predicted molar refractivity (Wildman–Crippen MR) is 82.8 cm³/mol. The molecular formula is C15H14N4OS. The van der Waals surface area contributed by atoms with Crippen LogP contribution in [0.3, 0.4) is 0 Å². The number of benzene rings is 1. The number of nitrogens with zero attached hydrogens (tertiary/aromatic N) is 2. The molecule has 2 aromatic heterocycles. The summed E-state index contributed by atoms with van der Waals surface area (Å²) < 4.78 is 0. The van der Waals surface area contributed by atoms with E-state index in [0.717, 1.165) is 29.4 Å². The van der Waals surface area contributed by atoms with E-state index in [9.17, 15) is 4.79 Å². The minimum atomic E-state index is -0.127. The fourth-order valence-electron chi connectivity index (χ4n) is 2.65. The number of carbonyl (C=O) groups excluding carboxylic acids is 1. The smallest absolute Gasteiger partial charge is 0.257 e. The molecular weight excluding hydrogens is 284 g/mol. The van der Waals surface area contributed by atoms with Gasteiger partial charge in [-0.25, -0.2) is 4.98 Å². The van der Waals surface area contributed by atoms with Crippen LogP contribution in [0.4, 0.5) is 5.13 Å². The molecule has 1 aliphatic carbocycles. The summed E-state index contributed by atoms with van der Waals surface area (Å²) in [5, 5.41) is 11.4. The van der Waals surface area contributed by atoms with Gasteiger partial charge in [0.25, 0.3) is 5.91 Å². The van der Waals surface area contributed by atoms with E-state index in [1.807, 2.05) is 12.1 Å². The van der Waals surface area contributed by atoms with Crippen molar-refractivity contribution >= 4 is 33.3 Å². The van der Waals surface area contributed by atoms with Crippen molar-refractivity contribution in [1.29, 1.82) is 0 Å². The van der Waals surface area contributed by atoms with Crippen molar-refractivity contribution in [3.63, 3.8) is 0 Å². The van der Waals surface area contributed by atoms with E-state index in [0.29, 0.717) is 10.7 Å². The van der Waals surface area contributed by atoms with Gasteiger partial charge in [0.05, 0.1) is 17.4 Å². The molecule has 0 saturated heterocycles.